The first kappa shape index (κ1) is 15.9. The fourth-order valence-electron chi connectivity index (χ4n) is 2.34. The maximum absolute atomic E-state index is 12.2. The van der Waals surface area contributed by atoms with E-state index in [1.165, 1.54) is 0 Å². The van der Waals surface area contributed by atoms with E-state index in [0.717, 1.165) is 19.3 Å². The predicted molar refractivity (Wildman–Crippen MR) is 72.9 cm³/mol. The number of morpholine rings is 1. The Hall–Kier alpha value is -0.170. The van der Waals surface area contributed by atoms with Gasteiger partial charge in [-0.15, -0.1) is 0 Å². The highest BCUT2D eigenvalue weighted by molar-refractivity contribution is 7.89. The van der Waals surface area contributed by atoms with Crippen LogP contribution in [0.25, 0.3) is 0 Å². The highest BCUT2D eigenvalue weighted by Crippen LogP contribution is 2.24. The molecule has 1 rings (SSSR count). The van der Waals surface area contributed by atoms with Crippen LogP contribution in [-0.4, -0.2) is 50.3 Å². The van der Waals surface area contributed by atoms with Gasteiger partial charge in [0, 0.05) is 19.6 Å². The minimum absolute atomic E-state index is 0.232. The third-order valence-electron chi connectivity index (χ3n) is 3.44. The number of hydrogen-bond donors (Lipinski definition) is 1. The number of ether oxygens (including phenoxy) is 1. The van der Waals surface area contributed by atoms with E-state index in [0.29, 0.717) is 32.7 Å². The molecule has 108 valence electrons. The lowest BCUT2D eigenvalue weighted by Crippen LogP contribution is -2.57. The van der Waals surface area contributed by atoms with Crippen molar-refractivity contribution >= 4 is 10.0 Å². The average molecular weight is 278 g/mol. The second-order valence-electron chi connectivity index (χ2n) is 4.99. The molecule has 6 heteroatoms. The Labute approximate surface area is 111 Å². The summed E-state index contributed by atoms with van der Waals surface area (Å²) in [5.74, 6) is 0.232. The molecule has 1 atom stereocenters. The molecule has 0 aromatic carbocycles. The predicted octanol–water partition coefficient (Wildman–Crippen LogP) is 0.946. The molecule has 0 aromatic heterocycles. The smallest absolute Gasteiger partial charge is 0.214 e. The standard InChI is InChI=1S/C12H26N2O3S/c1-3-5-9-18(15,16)14-7-8-17-12(10-13,11-14)6-4-2/h3-11,13H2,1-2H3. The molecule has 0 aliphatic carbocycles. The van der Waals surface area contributed by atoms with E-state index in [2.05, 4.69) is 6.92 Å². The summed E-state index contributed by atoms with van der Waals surface area (Å²) in [5, 5.41) is 0. The Balaban J connectivity index is 2.73. The summed E-state index contributed by atoms with van der Waals surface area (Å²) in [6.07, 6.45) is 3.35. The summed E-state index contributed by atoms with van der Waals surface area (Å²) in [5.41, 5.74) is 5.30. The van der Waals surface area contributed by atoms with Crippen molar-refractivity contribution in [3.05, 3.63) is 0 Å². The van der Waals surface area contributed by atoms with E-state index >= 15 is 0 Å². The summed E-state index contributed by atoms with van der Waals surface area (Å²) in [6, 6.07) is 0. The molecule has 1 unspecified atom stereocenters. The molecule has 1 aliphatic heterocycles. The molecule has 1 heterocycles. The van der Waals surface area contributed by atoms with Crippen molar-refractivity contribution in [3.8, 4) is 0 Å². The highest BCUT2D eigenvalue weighted by Gasteiger charge is 2.38. The van der Waals surface area contributed by atoms with Crippen LogP contribution in [0.1, 0.15) is 39.5 Å². The molecule has 1 fully saturated rings. The van der Waals surface area contributed by atoms with E-state index in [4.69, 9.17) is 10.5 Å². The van der Waals surface area contributed by atoms with Crippen LogP contribution in [0.5, 0.6) is 0 Å². The SMILES string of the molecule is CCCCS(=O)(=O)N1CCOC(CN)(CCC)C1. The number of sulfonamides is 1. The molecular formula is C12H26N2O3S. The topological polar surface area (TPSA) is 72.6 Å². The first-order valence-electron chi connectivity index (χ1n) is 6.81. The second-order valence-corrected chi connectivity index (χ2v) is 7.08. The zero-order chi connectivity index (χ0) is 13.6. The number of unbranched alkanes of at least 4 members (excludes halogenated alkanes) is 1. The molecule has 2 N–H and O–H groups in total. The number of nitrogens with two attached hydrogens (primary N) is 1. The Morgan fingerprint density at radius 3 is 2.61 bits per heavy atom. The van der Waals surface area contributed by atoms with Crippen molar-refractivity contribution in [2.24, 2.45) is 5.73 Å². The maximum Gasteiger partial charge on any atom is 0.214 e. The minimum Gasteiger partial charge on any atom is -0.371 e. The van der Waals surface area contributed by atoms with Crippen molar-refractivity contribution in [2.45, 2.75) is 45.1 Å². The van der Waals surface area contributed by atoms with E-state index < -0.39 is 15.6 Å². The van der Waals surface area contributed by atoms with Gasteiger partial charge in [0.15, 0.2) is 0 Å². The fraction of sp³-hybridized carbons (Fsp3) is 1.00. The zero-order valence-corrected chi connectivity index (χ0v) is 12.3. The van der Waals surface area contributed by atoms with Crippen LogP contribution in [0.15, 0.2) is 0 Å². The molecule has 5 nitrogen and oxygen atoms in total. The quantitative estimate of drug-likeness (QED) is 0.752. The van der Waals surface area contributed by atoms with Crippen molar-refractivity contribution < 1.29 is 13.2 Å². The van der Waals surface area contributed by atoms with Gasteiger partial charge in [0.2, 0.25) is 10.0 Å². The Morgan fingerprint density at radius 2 is 2.06 bits per heavy atom. The number of hydrogen-bond acceptors (Lipinski definition) is 4. The van der Waals surface area contributed by atoms with Crippen molar-refractivity contribution in [3.63, 3.8) is 0 Å². The summed E-state index contributed by atoms with van der Waals surface area (Å²) >= 11 is 0. The largest absolute Gasteiger partial charge is 0.371 e. The summed E-state index contributed by atoms with van der Waals surface area (Å²) < 4.78 is 31.7. The lowest BCUT2D eigenvalue weighted by atomic mass is 9.97. The van der Waals surface area contributed by atoms with E-state index in [-0.39, 0.29) is 5.75 Å². The monoisotopic (exact) mass is 278 g/mol. The van der Waals surface area contributed by atoms with Crippen LogP contribution in [-0.2, 0) is 14.8 Å². The molecule has 0 bridgehead atoms. The average Bonchev–Trinajstić information content (AvgIpc) is 2.37. The van der Waals surface area contributed by atoms with Gasteiger partial charge in [0.1, 0.15) is 0 Å². The van der Waals surface area contributed by atoms with E-state index in [1.54, 1.807) is 4.31 Å². The third-order valence-corrected chi connectivity index (χ3v) is 5.34. The van der Waals surface area contributed by atoms with Crippen molar-refractivity contribution in [1.82, 2.24) is 4.31 Å². The molecular weight excluding hydrogens is 252 g/mol. The normalized spacial score (nSPS) is 26.4. The zero-order valence-electron chi connectivity index (χ0n) is 11.5. The summed E-state index contributed by atoms with van der Waals surface area (Å²) in [7, 11) is -3.15. The second kappa shape index (κ2) is 6.84. The molecule has 0 saturated carbocycles. The maximum atomic E-state index is 12.2. The van der Waals surface area contributed by atoms with Crippen molar-refractivity contribution in [2.75, 3.05) is 32.0 Å². The Bertz CT molecular complexity index is 341. The summed E-state index contributed by atoms with van der Waals surface area (Å²) in [6.45, 7) is 5.74. The van der Waals surface area contributed by atoms with E-state index in [1.807, 2.05) is 6.92 Å². The molecule has 0 radical (unpaired) electrons. The van der Waals surface area contributed by atoms with Gasteiger partial charge in [-0.1, -0.05) is 26.7 Å². The molecule has 1 saturated heterocycles. The number of nitrogens with zero attached hydrogens (tertiary/aromatic N) is 1. The molecule has 0 aromatic rings. The molecule has 18 heavy (non-hydrogen) atoms. The first-order valence-corrected chi connectivity index (χ1v) is 8.42. The first-order chi connectivity index (χ1) is 8.49. The Morgan fingerprint density at radius 1 is 1.33 bits per heavy atom. The van der Waals surface area contributed by atoms with Gasteiger partial charge in [-0.05, 0) is 12.8 Å². The van der Waals surface area contributed by atoms with Crippen LogP contribution in [0.3, 0.4) is 0 Å². The molecule has 1 aliphatic rings. The van der Waals surface area contributed by atoms with Crippen LogP contribution < -0.4 is 5.73 Å². The highest BCUT2D eigenvalue weighted by atomic mass is 32.2. The van der Waals surface area contributed by atoms with Gasteiger partial charge in [-0.3, -0.25) is 0 Å². The van der Waals surface area contributed by atoms with Crippen LogP contribution in [0.2, 0.25) is 0 Å². The summed E-state index contributed by atoms with van der Waals surface area (Å²) in [4.78, 5) is 0. The molecule has 0 spiro atoms. The molecule has 0 amide bonds. The van der Waals surface area contributed by atoms with E-state index in [9.17, 15) is 8.42 Å². The third kappa shape index (κ3) is 3.91. The van der Waals surface area contributed by atoms with Crippen LogP contribution >= 0.6 is 0 Å². The van der Waals surface area contributed by atoms with Gasteiger partial charge in [0.05, 0.1) is 18.0 Å². The van der Waals surface area contributed by atoms with Gasteiger partial charge in [0.25, 0.3) is 0 Å². The van der Waals surface area contributed by atoms with Gasteiger partial charge in [-0.25, -0.2) is 8.42 Å². The van der Waals surface area contributed by atoms with Gasteiger partial charge >= 0.3 is 0 Å². The van der Waals surface area contributed by atoms with Crippen molar-refractivity contribution in [1.29, 1.82) is 0 Å². The lowest BCUT2D eigenvalue weighted by Gasteiger charge is -2.41. The Kier molecular flexibility index (Phi) is 6.04. The van der Waals surface area contributed by atoms with Crippen LogP contribution in [0, 0.1) is 0 Å². The lowest BCUT2D eigenvalue weighted by molar-refractivity contribution is -0.0879. The van der Waals surface area contributed by atoms with Gasteiger partial charge < -0.3 is 10.5 Å². The van der Waals surface area contributed by atoms with Crippen LogP contribution in [0.4, 0.5) is 0 Å². The number of rotatable bonds is 7. The van der Waals surface area contributed by atoms with Gasteiger partial charge in [-0.2, -0.15) is 4.31 Å². The fourth-order valence-corrected chi connectivity index (χ4v) is 4.03. The minimum atomic E-state index is -3.15.